The van der Waals surface area contributed by atoms with Crippen LogP contribution in [0.25, 0.3) is 0 Å². The van der Waals surface area contributed by atoms with Crippen LogP contribution in [0.4, 0.5) is 0 Å². The van der Waals surface area contributed by atoms with E-state index in [-0.39, 0.29) is 5.56 Å². The van der Waals surface area contributed by atoms with E-state index in [2.05, 4.69) is 0 Å². The first-order valence-electron chi connectivity index (χ1n) is 9.21. The molecule has 3 aromatic rings. The fraction of sp³-hybridized carbons (Fsp3) is 0.130. The van der Waals surface area contributed by atoms with Crippen LogP contribution in [0, 0.1) is 0 Å². The second-order valence-corrected chi connectivity index (χ2v) is 6.66. The van der Waals surface area contributed by atoms with E-state index in [4.69, 9.17) is 4.74 Å². The number of hydrogen-bond acceptors (Lipinski definition) is 6. The lowest BCUT2D eigenvalue weighted by molar-refractivity contribution is -0.135. The standard InChI is InChI=1S/C23H21NO6/c25-19-11-18(12-20(26)22(19)28)23(29)30-15-21(27)24(13-16-7-3-1-4-8-16)14-17-9-5-2-6-10-17/h1-12,25-26,28H,13-15H2. The molecule has 0 heterocycles. The number of rotatable bonds is 7. The molecule has 3 N–H and O–H groups in total. The van der Waals surface area contributed by atoms with Crippen molar-refractivity contribution in [3.05, 3.63) is 89.5 Å². The summed E-state index contributed by atoms with van der Waals surface area (Å²) in [6.07, 6.45) is 0. The molecule has 0 aliphatic heterocycles. The zero-order valence-corrected chi connectivity index (χ0v) is 16.1. The largest absolute Gasteiger partial charge is 0.504 e. The van der Waals surface area contributed by atoms with Gasteiger partial charge in [0.25, 0.3) is 5.91 Å². The third-order valence-corrected chi connectivity index (χ3v) is 4.42. The molecule has 0 fully saturated rings. The highest BCUT2D eigenvalue weighted by atomic mass is 16.5. The summed E-state index contributed by atoms with van der Waals surface area (Å²) in [5, 5.41) is 28.4. The van der Waals surface area contributed by atoms with E-state index >= 15 is 0 Å². The Labute approximate surface area is 173 Å². The minimum atomic E-state index is -0.909. The number of phenolic OH excluding ortho intramolecular Hbond substituents is 3. The zero-order chi connectivity index (χ0) is 21.5. The van der Waals surface area contributed by atoms with Crippen LogP contribution in [0.1, 0.15) is 21.5 Å². The molecule has 0 saturated carbocycles. The van der Waals surface area contributed by atoms with Gasteiger partial charge >= 0.3 is 5.97 Å². The van der Waals surface area contributed by atoms with Gasteiger partial charge in [-0.05, 0) is 23.3 Å². The number of esters is 1. The Morgan fingerprint density at radius 2 is 1.23 bits per heavy atom. The molecule has 30 heavy (non-hydrogen) atoms. The highest BCUT2D eigenvalue weighted by Gasteiger charge is 2.19. The molecule has 0 aliphatic carbocycles. The monoisotopic (exact) mass is 407 g/mol. The Hall–Kier alpha value is -4.00. The molecular formula is C23H21NO6. The quantitative estimate of drug-likeness (QED) is 0.410. The predicted molar refractivity (Wildman–Crippen MR) is 109 cm³/mol. The van der Waals surface area contributed by atoms with Crippen LogP contribution in [0.5, 0.6) is 17.2 Å². The lowest BCUT2D eigenvalue weighted by atomic mass is 10.1. The van der Waals surface area contributed by atoms with Crippen molar-refractivity contribution in [2.75, 3.05) is 6.61 Å². The van der Waals surface area contributed by atoms with Gasteiger partial charge < -0.3 is 25.0 Å². The number of ether oxygens (including phenoxy) is 1. The Morgan fingerprint density at radius 1 is 0.767 bits per heavy atom. The number of amides is 1. The smallest absolute Gasteiger partial charge is 0.338 e. The maximum absolute atomic E-state index is 12.8. The van der Waals surface area contributed by atoms with Gasteiger partial charge in [0, 0.05) is 13.1 Å². The number of hydrogen-bond donors (Lipinski definition) is 3. The fourth-order valence-electron chi connectivity index (χ4n) is 2.86. The summed E-state index contributed by atoms with van der Waals surface area (Å²) in [7, 11) is 0. The maximum atomic E-state index is 12.8. The molecule has 0 aromatic heterocycles. The average molecular weight is 407 g/mol. The van der Waals surface area contributed by atoms with Crippen molar-refractivity contribution in [2.24, 2.45) is 0 Å². The van der Waals surface area contributed by atoms with Gasteiger partial charge in [0.05, 0.1) is 5.56 Å². The summed E-state index contributed by atoms with van der Waals surface area (Å²) >= 11 is 0. The molecule has 1 amide bonds. The van der Waals surface area contributed by atoms with Crippen molar-refractivity contribution in [2.45, 2.75) is 13.1 Å². The van der Waals surface area contributed by atoms with E-state index in [1.54, 1.807) is 4.90 Å². The molecule has 3 aromatic carbocycles. The molecule has 7 nitrogen and oxygen atoms in total. The molecule has 0 radical (unpaired) electrons. The van der Waals surface area contributed by atoms with Crippen LogP contribution in [-0.4, -0.2) is 38.7 Å². The topological polar surface area (TPSA) is 107 Å². The van der Waals surface area contributed by atoms with Crippen molar-refractivity contribution < 1.29 is 29.6 Å². The van der Waals surface area contributed by atoms with Crippen LogP contribution < -0.4 is 0 Å². The van der Waals surface area contributed by atoms with Crippen molar-refractivity contribution >= 4 is 11.9 Å². The minimum Gasteiger partial charge on any atom is -0.504 e. The van der Waals surface area contributed by atoms with E-state index in [0.717, 1.165) is 23.3 Å². The second-order valence-electron chi connectivity index (χ2n) is 6.66. The molecule has 0 unspecified atom stereocenters. The molecular weight excluding hydrogens is 386 g/mol. The van der Waals surface area contributed by atoms with Gasteiger partial charge in [-0.15, -0.1) is 0 Å². The summed E-state index contributed by atoms with van der Waals surface area (Å²) < 4.78 is 5.06. The van der Waals surface area contributed by atoms with Gasteiger partial charge in [-0.25, -0.2) is 4.79 Å². The highest BCUT2D eigenvalue weighted by molar-refractivity contribution is 5.92. The number of benzene rings is 3. The number of aromatic hydroxyl groups is 3. The van der Waals surface area contributed by atoms with E-state index in [9.17, 15) is 24.9 Å². The lowest BCUT2D eigenvalue weighted by Gasteiger charge is -2.23. The van der Waals surface area contributed by atoms with Gasteiger partial charge in [0.15, 0.2) is 23.9 Å². The van der Waals surface area contributed by atoms with Crippen LogP contribution in [-0.2, 0) is 22.6 Å². The van der Waals surface area contributed by atoms with E-state index in [1.165, 1.54) is 0 Å². The van der Waals surface area contributed by atoms with Gasteiger partial charge in [-0.1, -0.05) is 60.7 Å². The third-order valence-electron chi connectivity index (χ3n) is 4.42. The second kappa shape index (κ2) is 9.47. The van der Waals surface area contributed by atoms with Crippen molar-refractivity contribution in [1.29, 1.82) is 0 Å². The van der Waals surface area contributed by atoms with E-state index in [1.807, 2.05) is 60.7 Å². The summed E-state index contributed by atoms with van der Waals surface area (Å²) in [6.45, 7) is 0.167. The number of carbonyl (C=O) groups excluding carboxylic acids is 2. The fourth-order valence-corrected chi connectivity index (χ4v) is 2.86. The van der Waals surface area contributed by atoms with Gasteiger partial charge in [0.1, 0.15) is 0 Å². The predicted octanol–water partition coefficient (Wildman–Crippen LogP) is 3.19. The zero-order valence-electron chi connectivity index (χ0n) is 16.1. The maximum Gasteiger partial charge on any atom is 0.338 e. The summed E-state index contributed by atoms with van der Waals surface area (Å²) in [5.41, 5.74) is 1.68. The minimum absolute atomic E-state index is 0.187. The molecule has 7 heteroatoms. The van der Waals surface area contributed by atoms with Gasteiger partial charge in [-0.3, -0.25) is 4.79 Å². The van der Waals surface area contributed by atoms with Crippen LogP contribution >= 0.6 is 0 Å². The third kappa shape index (κ3) is 5.29. The number of phenols is 3. The van der Waals surface area contributed by atoms with E-state index < -0.39 is 35.7 Å². The number of carbonyl (C=O) groups is 2. The first kappa shape index (κ1) is 20.7. The van der Waals surface area contributed by atoms with Gasteiger partial charge in [-0.2, -0.15) is 0 Å². The van der Waals surface area contributed by atoms with Crippen molar-refractivity contribution in [3.63, 3.8) is 0 Å². The van der Waals surface area contributed by atoms with Crippen LogP contribution in [0.15, 0.2) is 72.8 Å². The van der Waals surface area contributed by atoms with E-state index in [0.29, 0.717) is 13.1 Å². The molecule has 0 spiro atoms. The Morgan fingerprint density at radius 3 is 1.70 bits per heavy atom. The first-order valence-corrected chi connectivity index (χ1v) is 9.21. The van der Waals surface area contributed by atoms with Crippen molar-refractivity contribution in [3.8, 4) is 17.2 Å². The van der Waals surface area contributed by atoms with Gasteiger partial charge in [0.2, 0.25) is 0 Å². The Balaban J connectivity index is 1.70. The SMILES string of the molecule is O=C(OCC(=O)N(Cc1ccccc1)Cc1ccccc1)c1cc(O)c(O)c(O)c1. The molecule has 3 rings (SSSR count). The summed E-state index contributed by atoms with van der Waals surface area (Å²) in [5.74, 6) is -3.37. The van der Waals surface area contributed by atoms with Crippen LogP contribution in [0.2, 0.25) is 0 Å². The lowest BCUT2D eigenvalue weighted by Crippen LogP contribution is -2.33. The average Bonchev–Trinajstić information content (AvgIpc) is 2.76. The van der Waals surface area contributed by atoms with Crippen molar-refractivity contribution in [1.82, 2.24) is 4.90 Å². The Kier molecular flexibility index (Phi) is 6.54. The molecule has 154 valence electrons. The molecule has 0 atom stereocenters. The highest BCUT2D eigenvalue weighted by Crippen LogP contribution is 2.35. The Bertz CT molecular complexity index is 956. The normalized spacial score (nSPS) is 10.4. The molecule has 0 bridgehead atoms. The summed E-state index contributed by atoms with van der Waals surface area (Å²) in [4.78, 5) is 26.6. The first-order chi connectivity index (χ1) is 14.4. The molecule has 0 saturated heterocycles. The van der Waals surface area contributed by atoms with Crippen LogP contribution in [0.3, 0.4) is 0 Å². The number of nitrogens with zero attached hydrogens (tertiary/aromatic N) is 1. The summed E-state index contributed by atoms with van der Waals surface area (Å²) in [6, 6.07) is 20.8. The molecule has 0 aliphatic rings.